The zero-order valence-electron chi connectivity index (χ0n) is 16.1. The maximum atomic E-state index is 12.8. The van der Waals surface area contributed by atoms with Gasteiger partial charge in [0.25, 0.3) is 5.91 Å². The Morgan fingerprint density at radius 3 is 2.50 bits per heavy atom. The first kappa shape index (κ1) is 19.6. The second-order valence-electron chi connectivity index (χ2n) is 6.72. The Kier molecular flexibility index (Phi) is 6.09. The lowest BCUT2D eigenvalue weighted by Gasteiger charge is -2.19. The van der Waals surface area contributed by atoms with E-state index in [-0.39, 0.29) is 24.0 Å². The van der Waals surface area contributed by atoms with Crippen molar-refractivity contribution in [1.29, 1.82) is 0 Å². The highest BCUT2D eigenvalue weighted by Gasteiger charge is 2.20. The number of benzene rings is 2. The fraction of sp³-hybridized carbons (Fsp3) is 0.318. The smallest absolute Gasteiger partial charge is 0.255 e. The van der Waals surface area contributed by atoms with Crippen LogP contribution < -0.4 is 14.8 Å². The van der Waals surface area contributed by atoms with E-state index in [2.05, 4.69) is 11.4 Å². The summed E-state index contributed by atoms with van der Waals surface area (Å²) >= 11 is 0. The quantitative estimate of drug-likeness (QED) is 0.702. The second-order valence-corrected chi connectivity index (χ2v) is 6.72. The Morgan fingerprint density at radius 1 is 1.07 bits per heavy atom. The monoisotopic (exact) mass is 383 g/mol. The lowest BCUT2D eigenvalue weighted by atomic mass is 9.91. The van der Waals surface area contributed by atoms with Crippen LogP contribution in [0.5, 0.6) is 23.0 Å². The zero-order valence-corrected chi connectivity index (χ0v) is 16.1. The number of allylic oxidation sites excluding steroid dienone is 2. The molecule has 0 aliphatic heterocycles. The summed E-state index contributed by atoms with van der Waals surface area (Å²) < 4.78 is 10.9. The van der Waals surface area contributed by atoms with Gasteiger partial charge in [0.2, 0.25) is 0 Å². The molecule has 0 saturated heterocycles. The van der Waals surface area contributed by atoms with Crippen LogP contribution in [0.3, 0.4) is 0 Å². The largest absolute Gasteiger partial charge is 0.508 e. The van der Waals surface area contributed by atoms with Gasteiger partial charge in [-0.3, -0.25) is 4.79 Å². The van der Waals surface area contributed by atoms with Crippen LogP contribution >= 0.6 is 0 Å². The van der Waals surface area contributed by atoms with Gasteiger partial charge in [-0.25, -0.2) is 0 Å². The molecular formula is C22H25NO5. The molecule has 3 N–H and O–H groups in total. The van der Waals surface area contributed by atoms with E-state index in [1.54, 1.807) is 25.3 Å². The molecule has 1 aliphatic rings. The molecule has 0 atom stereocenters. The van der Waals surface area contributed by atoms with E-state index in [0.717, 1.165) is 24.8 Å². The molecule has 1 amide bonds. The molecular weight excluding hydrogens is 358 g/mol. The van der Waals surface area contributed by atoms with Crippen molar-refractivity contribution in [1.82, 2.24) is 5.32 Å². The fourth-order valence-corrected chi connectivity index (χ4v) is 3.38. The minimum Gasteiger partial charge on any atom is -0.508 e. The summed E-state index contributed by atoms with van der Waals surface area (Å²) in [7, 11) is 3.12. The molecule has 0 aromatic heterocycles. The van der Waals surface area contributed by atoms with Gasteiger partial charge in [0.1, 0.15) is 23.0 Å². The number of ether oxygens (including phenoxy) is 2. The van der Waals surface area contributed by atoms with E-state index in [1.807, 2.05) is 0 Å². The van der Waals surface area contributed by atoms with Crippen LogP contribution in [0.4, 0.5) is 0 Å². The van der Waals surface area contributed by atoms with Crippen molar-refractivity contribution in [2.45, 2.75) is 32.2 Å². The summed E-state index contributed by atoms with van der Waals surface area (Å²) in [6.07, 6.45) is 6.45. The number of phenolic OH excluding ortho intramolecular Hbond substituents is 2. The molecule has 3 rings (SSSR count). The molecule has 6 heteroatoms. The van der Waals surface area contributed by atoms with Gasteiger partial charge in [-0.05, 0) is 49.5 Å². The number of rotatable bonds is 6. The molecule has 0 spiro atoms. The normalized spacial score (nSPS) is 13.6. The van der Waals surface area contributed by atoms with E-state index in [4.69, 9.17) is 9.47 Å². The molecule has 0 heterocycles. The summed E-state index contributed by atoms with van der Waals surface area (Å²) in [6.45, 7) is 0.123. The van der Waals surface area contributed by atoms with E-state index < -0.39 is 0 Å². The number of hydrogen-bond donors (Lipinski definition) is 3. The van der Waals surface area contributed by atoms with Crippen LogP contribution in [-0.2, 0) is 6.54 Å². The summed E-state index contributed by atoms with van der Waals surface area (Å²) in [4.78, 5) is 12.8. The summed E-state index contributed by atoms with van der Waals surface area (Å²) in [5.74, 6) is 0.677. The van der Waals surface area contributed by atoms with Crippen LogP contribution in [0.1, 0.15) is 47.2 Å². The van der Waals surface area contributed by atoms with Gasteiger partial charge in [-0.15, -0.1) is 0 Å². The van der Waals surface area contributed by atoms with E-state index in [0.29, 0.717) is 22.6 Å². The molecule has 6 nitrogen and oxygen atoms in total. The molecule has 0 fully saturated rings. The maximum absolute atomic E-state index is 12.8. The molecule has 0 unspecified atom stereocenters. The Bertz CT molecular complexity index is 904. The third kappa shape index (κ3) is 4.22. The highest BCUT2D eigenvalue weighted by atomic mass is 16.5. The van der Waals surface area contributed by atoms with Crippen molar-refractivity contribution < 1.29 is 24.5 Å². The molecule has 2 aromatic rings. The summed E-state index contributed by atoms with van der Waals surface area (Å²) in [5.41, 5.74) is 2.99. The van der Waals surface area contributed by atoms with Gasteiger partial charge in [-0.1, -0.05) is 6.08 Å². The van der Waals surface area contributed by atoms with Crippen LogP contribution in [0.25, 0.3) is 5.57 Å². The van der Waals surface area contributed by atoms with Crippen LogP contribution in [-0.4, -0.2) is 30.3 Å². The lowest BCUT2D eigenvalue weighted by Crippen LogP contribution is -2.23. The predicted octanol–water partition coefficient (Wildman–Crippen LogP) is 4.00. The fourth-order valence-electron chi connectivity index (χ4n) is 3.38. The molecule has 0 bridgehead atoms. The first-order chi connectivity index (χ1) is 13.5. The first-order valence-electron chi connectivity index (χ1n) is 9.28. The maximum Gasteiger partial charge on any atom is 0.255 e. The SMILES string of the molecule is COc1cc(OC)c(C2=CCCCC2)cc1C(=O)NCc1ccc(O)cc1O. The lowest BCUT2D eigenvalue weighted by molar-refractivity contribution is 0.0947. The minimum atomic E-state index is -0.315. The van der Waals surface area contributed by atoms with Crippen LogP contribution in [0.15, 0.2) is 36.4 Å². The van der Waals surface area contributed by atoms with Gasteiger partial charge in [0.05, 0.1) is 19.8 Å². The van der Waals surface area contributed by atoms with Crippen LogP contribution in [0, 0.1) is 0 Å². The molecule has 0 saturated carbocycles. The average molecular weight is 383 g/mol. The number of nitrogens with one attached hydrogen (secondary N) is 1. The van der Waals surface area contributed by atoms with Gasteiger partial charge in [0.15, 0.2) is 0 Å². The van der Waals surface area contributed by atoms with Crippen LogP contribution in [0.2, 0.25) is 0 Å². The number of carbonyl (C=O) groups excluding carboxylic acids is 1. The third-order valence-electron chi connectivity index (χ3n) is 4.91. The highest BCUT2D eigenvalue weighted by molar-refractivity contribution is 5.98. The second kappa shape index (κ2) is 8.69. The predicted molar refractivity (Wildman–Crippen MR) is 107 cm³/mol. The Labute approximate surface area is 164 Å². The number of phenols is 2. The first-order valence-corrected chi connectivity index (χ1v) is 9.28. The topological polar surface area (TPSA) is 88.0 Å². The molecule has 2 aromatic carbocycles. The molecule has 1 aliphatic carbocycles. The van der Waals surface area contributed by atoms with Crippen molar-refractivity contribution in [3.8, 4) is 23.0 Å². The number of amides is 1. The van der Waals surface area contributed by atoms with Crippen molar-refractivity contribution in [2.24, 2.45) is 0 Å². The van der Waals surface area contributed by atoms with E-state index >= 15 is 0 Å². The molecule has 0 radical (unpaired) electrons. The third-order valence-corrected chi connectivity index (χ3v) is 4.91. The van der Waals surface area contributed by atoms with Gasteiger partial charge in [-0.2, -0.15) is 0 Å². The van der Waals surface area contributed by atoms with E-state index in [9.17, 15) is 15.0 Å². The minimum absolute atomic E-state index is 0.0326. The summed E-state index contributed by atoms with van der Waals surface area (Å²) in [6, 6.07) is 7.80. The Morgan fingerprint density at radius 2 is 1.86 bits per heavy atom. The molecule has 28 heavy (non-hydrogen) atoms. The number of aromatic hydroxyl groups is 2. The standard InChI is InChI=1S/C22H25NO5/c1-27-20-12-21(28-2)18(11-17(20)14-6-4-3-5-7-14)22(26)23-13-15-8-9-16(24)10-19(15)25/h6,8-12,24-25H,3-5,7,13H2,1-2H3,(H,23,26). The number of hydrogen-bond acceptors (Lipinski definition) is 5. The summed E-state index contributed by atoms with van der Waals surface area (Å²) in [5, 5.41) is 22.1. The van der Waals surface area contributed by atoms with Gasteiger partial charge in [0, 0.05) is 29.8 Å². The zero-order chi connectivity index (χ0) is 20.1. The highest BCUT2D eigenvalue weighted by Crippen LogP contribution is 2.37. The van der Waals surface area contributed by atoms with Gasteiger partial charge < -0.3 is 25.0 Å². The molecule has 148 valence electrons. The van der Waals surface area contributed by atoms with Gasteiger partial charge >= 0.3 is 0 Å². The van der Waals surface area contributed by atoms with E-state index in [1.165, 1.54) is 31.2 Å². The van der Waals surface area contributed by atoms with Crippen molar-refractivity contribution >= 4 is 11.5 Å². The van der Waals surface area contributed by atoms with Crippen molar-refractivity contribution in [2.75, 3.05) is 14.2 Å². The average Bonchev–Trinajstić information content (AvgIpc) is 2.72. The Hall–Kier alpha value is -3.15. The Balaban J connectivity index is 1.88. The van der Waals surface area contributed by atoms with Crippen molar-refractivity contribution in [3.05, 3.63) is 53.1 Å². The van der Waals surface area contributed by atoms with Crippen molar-refractivity contribution in [3.63, 3.8) is 0 Å². The number of methoxy groups -OCH3 is 2. The number of carbonyl (C=O) groups is 1.